The van der Waals surface area contributed by atoms with Crippen LogP contribution in [0.2, 0.25) is 0 Å². The fraction of sp³-hybridized carbons (Fsp3) is 0.286. The molecule has 0 radical (unpaired) electrons. The van der Waals surface area contributed by atoms with E-state index in [1.54, 1.807) is 24.3 Å². The monoisotopic (exact) mass is 444 g/mol. The molecule has 0 spiro atoms. The van der Waals surface area contributed by atoms with Crippen LogP contribution >= 0.6 is 0 Å². The second-order valence-corrected chi connectivity index (χ2v) is 9.05. The highest BCUT2D eigenvalue weighted by Crippen LogP contribution is 2.22. The quantitative estimate of drug-likeness (QED) is 0.524. The van der Waals surface area contributed by atoms with Gasteiger partial charge in [0.05, 0.1) is 4.90 Å². The molecule has 2 N–H and O–H groups in total. The lowest BCUT2D eigenvalue weighted by Gasteiger charge is -2.08. The van der Waals surface area contributed by atoms with Crippen LogP contribution in [0.3, 0.4) is 0 Å². The van der Waals surface area contributed by atoms with Gasteiger partial charge in [-0.1, -0.05) is 17.3 Å². The molecule has 1 aliphatic carbocycles. The molecule has 8 nitrogen and oxygen atoms in total. The van der Waals surface area contributed by atoms with Gasteiger partial charge in [-0.3, -0.25) is 4.79 Å². The molecular weight excluding hydrogens is 423 g/mol. The number of carbonyl (C=O) groups excluding carboxylic acids is 1. The second-order valence-electron chi connectivity index (χ2n) is 7.33. The van der Waals surface area contributed by atoms with Gasteiger partial charge in [0.15, 0.2) is 0 Å². The summed E-state index contributed by atoms with van der Waals surface area (Å²) >= 11 is 0. The van der Waals surface area contributed by atoms with E-state index in [4.69, 9.17) is 4.52 Å². The zero-order chi connectivity index (χ0) is 21.8. The van der Waals surface area contributed by atoms with Crippen LogP contribution < -0.4 is 10.0 Å². The Hall–Kier alpha value is -3.11. The van der Waals surface area contributed by atoms with Crippen molar-refractivity contribution in [2.24, 2.45) is 0 Å². The van der Waals surface area contributed by atoms with Crippen LogP contribution in [0.5, 0.6) is 0 Å². The molecule has 0 aliphatic heterocycles. The van der Waals surface area contributed by atoms with E-state index >= 15 is 0 Å². The van der Waals surface area contributed by atoms with E-state index in [9.17, 15) is 17.6 Å². The molecule has 1 aliphatic rings. The van der Waals surface area contributed by atoms with Crippen molar-refractivity contribution in [3.63, 3.8) is 0 Å². The smallest absolute Gasteiger partial charge is 0.240 e. The van der Waals surface area contributed by atoms with Gasteiger partial charge in [0.2, 0.25) is 27.6 Å². The first-order chi connectivity index (χ1) is 14.9. The number of benzene rings is 2. The van der Waals surface area contributed by atoms with Gasteiger partial charge >= 0.3 is 0 Å². The molecule has 0 atom stereocenters. The summed E-state index contributed by atoms with van der Waals surface area (Å²) in [6.07, 6.45) is 2.17. The van der Waals surface area contributed by atoms with E-state index in [-0.39, 0.29) is 42.0 Å². The maximum atomic E-state index is 13.0. The van der Waals surface area contributed by atoms with Crippen molar-refractivity contribution in [3.8, 4) is 11.4 Å². The molecule has 162 valence electrons. The third-order valence-electron chi connectivity index (χ3n) is 4.76. The average Bonchev–Trinajstić information content (AvgIpc) is 3.43. The second kappa shape index (κ2) is 8.94. The third-order valence-corrected chi connectivity index (χ3v) is 6.30. The summed E-state index contributed by atoms with van der Waals surface area (Å²) in [6.45, 7) is 0.278. The molecule has 0 saturated heterocycles. The van der Waals surface area contributed by atoms with E-state index in [1.807, 2.05) is 0 Å². The lowest BCUT2D eigenvalue weighted by atomic mass is 10.2. The molecular formula is C21H21FN4O4S. The largest absolute Gasteiger partial charge is 0.352 e. The normalized spacial score (nSPS) is 13.8. The first kappa shape index (κ1) is 21.1. The first-order valence-corrected chi connectivity index (χ1v) is 11.3. The van der Waals surface area contributed by atoms with E-state index in [1.165, 1.54) is 24.3 Å². The molecule has 1 aromatic heterocycles. The highest BCUT2D eigenvalue weighted by Gasteiger charge is 2.27. The minimum Gasteiger partial charge on any atom is -0.352 e. The number of rotatable bonds is 9. The Morgan fingerprint density at radius 1 is 1.10 bits per heavy atom. The van der Waals surface area contributed by atoms with Crippen molar-refractivity contribution in [1.82, 2.24) is 20.2 Å². The molecule has 1 heterocycles. The van der Waals surface area contributed by atoms with Crippen LogP contribution in [0, 0.1) is 5.82 Å². The molecule has 4 rings (SSSR count). The maximum Gasteiger partial charge on any atom is 0.240 e. The number of aromatic nitrogens is 2. The fourth-order valence-corrected chi connectivity index (χ4v) is 4.16. The summed E-state index contributed by atoms with van der Waals surface area (Å²) in [6, 6.07) is 12.2. The van der Waals surface area contributed by atoms with Crippen molar-refractivity contribution in [1.29, 1.82) is 0 Å². The number of hydrogen-bond acceptors (Lipinski definition) is 6. The summed E-state index contributed by atoms with van der Waals surface area (Å²) < 4.78 is 45.1. The standard InChI is InChI=1S/C21H21FN4O4S/c22-16-5-3-15(4-6-16)21-24-20(30-25-21)12-11-19(27)23-13-14-1-9-18(10-2-14)31(28,29)26-17-7-8-17/h1-6,9-10,17,26H,7-8,11-13H2,(H,23,27). The van der Waals surface area contributed by atoms with Crippen LogP contribution in [0.25, 0.3) is 11.4 Å². The number of hydrogen-bond donors (Lipinski definition) is 2. The van der Waals surface area contributed by atoms with Gasteiger partial charge in [-0.05, 0) is 54.8 Å². The maximum absolute atomic E-state index is 13.0. The SMILES string of the molecule is O=C(CCc1nc(-c2ccc(F)cc2)no1)NCc1ccc(S(=O)(=O)NC2CC2)cc1. The Bertz CT molecular complexity index is 1160. The Labute approximate surface area is 178 Å². The molecule has 2 aromatic carbocycles. The van der Waals surface area contributed by atoms with E-state index in [0.29, 0.717) is 17.3 Å². The Morgan fingerprint density at radius 2 is 1.81 bits per heavy atom. The van der Waals surface area contributed by atoms with Crippen molar-refractivity contribution in [3.05, 3.63) is 65.8 Å². The summed E-state index contributed by atoms with van der Waals surface area (Å²) in [4.78, 5) is 16.5. The number of nitrogens with one attached hydrogen (secondary N) is 2. The van der Waals surface area contributed by atoms with Crippen molar-refractivity contribution in [2.75, 3.05) is 0 Å². The number of amides is 1. The first-order valence-electron chi connectivity index (χ1n) is 9.85. The Balaban J connectivity index is 1.24. The van der Waals surface area contributed by atoms with Crippen LogP contribution in [0.1, 0.15) is 30.7 Å². The van der Waals surface area contributed by atoms with Gasteiger partial charge in [-0.2, -0.15) is 4.98 Å². The summed E-state index contributed by atoms with van der Waals surface area (Å²) in [5.74, 6) is 0.0952. The van der Waals surface area contributed by atoms with E-state index in [0.717, 1.165) is 18.4 Å². The topological polar surface area (TPSA) is 114 Å². The van der Waals surface area contributed by atoms with Crippen LogP contribution in [0.15, 0.2) is 57.9 Å². The fourth-order valence-electron chi connectivity index (χ4n) is 2.86. The molecule has 3 aromatic rings. The summed E-state index contributed by atoms with van der Waals surface area (Å²) in [5, 5.41) is 6.62. The highest BCUT2D eigenvalue weighted by atomic mass is 32.2. The minimum absolute atomic E-state index is 0.0505. The van der Waals surface area contributed by atoms with Gasteiger partial charge in [0.1, 0.15) is 5.82 Å². The predicted molar refractivity (Wildman–Crippen MR) is 110 cm³/mol. The summed E-state index contributed by atoms with van der Waals surface area (Å²) in [5.41, 5.74) is 1.41. The number of halogens is 1. The average molecular weight is 444 g/mol. The van der Waals surface area contributed by atoms with Crippen LogP contribution in [-0.4, -0.2) is 30.5 Å². The molecule has 10 heteroatoms. The van der Waals surface area contributed by atoms with Gasteiger partial charge in [0, 0.05) is 31.0 Å². The third kappa shape index (κ3) is 5.74. The highest BCUT2D eigenvalue weighted by molar-refractivity contribution is 7.89. The number of sulfonamides is 1. The number of carbonyl (C=O) groups is 1. The molecule has 1 saturated carbocycles. The lowest BCUT2D eigenvalue weighted by Crippen LogP contribution is -2.26. The van der Waals surface area contributed by atoms with Crippen LogP contribution in [0.4, 0.5) is 4.39 Å². The predicted octanol–water partition coefficient (Wildman–Crippen LogP) is 2.57. The van der Waals surface area contributed by atoms with Crippen molar-refractivity contribution >= 4 is 15.9 Å². The van der Waals surface area contributed by atoms with Gasteiger partial charge in [0.25, 0.3) is 0 Å². The van der Waals surface area contributed by atoms with E-state index < -0.39 is 10.0 Å². The molecule has 0 unspecified atom stereocenters. The lowest BCUT2D eigenvalue weighted by molar-refractivity contribution is -0.121. The Kier molecular flexibility index (Phi) is 6.10. The van der Waals surface area contributed by atoms with Crippen molar-refractivity contribution in [2.45, 2.75) is 43.2 Å². The molecule has 1 fully saturated rings. The molecule has 0 bridgehead atoms. The molecule has 31 heavy (non-hydrogen) atoms. The van der Waals surface area contributed by atoms with Gasteiger partial charge in [-0.25, -0.2) is 17.5 Å². The van der Waals surface area contributed by atoms with E-state index in [2.05, 4.69) is 20.2 Å². The van der Waals surface area contributed by atoms with Gasteiger partial charge in [-0.15, -0.1) is 0 Å². The summed E-state index contributed by atoms with van der Waals surface area (Å²) in [7, 11) is -3.48. The number of nitrogens with zero attached hydrogens (tertiary/aromatic N) is 2. The zero-order valence-electron chi connectivity index (χ0n) is 16.5. The van der Waals surface area contributed by atoms with Crippen LogP contribution in [-0.2, 0) is 27.8 Å². The Morgan fingerprint density at radius 3 is 2.48 bits per heavy atom. The van der Waals surface area contributed by atoms with Crippen molar-refractivity contribution < 1.29 is 22.1 Å². The number of aryl methyl sites for hydroxylation is 1. The zero-order valence-corrected chi connectivity index (χ0v) is 17.4. The molecule has 1 amide bonds. The minimum atomic E-state index is -3.48. The van der Waals surface area contributed by atoms with Gasteiger partial charge < -0.3 is 9.84 Å².